The molecule has 0 aliphatic carbocycles. The molecule has 0 atom stereocenters. The molecule has 2 heterocycles. The Hall–Kier alpha value is -2.04. The first kappa shape index (κ1) is 22.2. The summed E-state index contributed by atoms with van der Waals surface area (Å²) in [5.41, 5.74) is 0.909. The van der Waals surface area contributed by atoms with Crippen molar-refractivity contribution >= 4 is 54.2 Å². The van der Waals surface area contributed by atoms with Crippen LogP contribution in [0, 0.1) is 0 Å². The summed E-state index contributed by atoms with van der Waals surface area (Å²) in [7, 11) is -2.12. The van der Waals surface area contributed by atoms with Gasteiger partial charge in [-0.3, -0.25) is 9.69 Å². The van der Waals surface area contributed by atoms with Crippen molar-refractivity contribution in [2.45, 2.75) is 17.7 Å². The summed E-state index contributed by atoms with van der Waals surface area (Å²) in [6.45, 7) is 1.53. The van der Waals surface area contributed by atoms with Crippen LogP contribution in [0.3, 0.4) is 0 Å². The molecule has 164 valence electrons. The van der Waals surface area contributed by atoms with Crippen LogP contribution >= 0.6 is 22.9 Å². The third-order valence-corrected chi connectivity index (χ3v) is 8.43. The molecule has 1 aliphatic heterocycles. The minimum Gasteiger partial charge on any atom is -0.383 e. The number of aromatic nitrogens is 1. The molecule has 1 saturated heterocycles. The third kappa shape index (κ3) is 4.47. The highest BCUT2D eigenvalue weighted by Gasteiger charge is 2.30. The van der Waals surface area contributed by atoms with E-state index < -0.39 is 15.9 Å². The van der Waals surface area contributed by atoms with E-state index in [4.69, 9.17) is 16.3 Å². The molecule has 0 spiro atoms. The highest BCUT2D eigenvalue weighted by molar-refractivity contribution is 7.89. The highest BCUT2D eigenvalue weighted by atomic mass is 35.5. The van der Waals surface area contributed by atoms with Gasteiger partial charge in [-0.1, -0.05) is 35.1 Å². The molecule has 0 saturated carbocycles. The molecule has 3 aromatic rings. The van der Waals surface area contributed by atoms with Crippen molar-refractivity contribution in [1.29, 1.82) is 0 Å². The van der Waals surface area contributed by atoms with Crippen molar-refractivity contribution in [3.8, 4) is 0 Å². The summed E-state index contributed by atoms with van der Waals surface area (Å²) in [4.78, 5) is 19.6. The number of hydrogen-bond donors (Lipinski definition) is 0. The number of sulfonamides is 1. The Balaban J connectivity index is 1.72. The van der Waals surface area contributed by atoms with E-state index in [0.29, 0.717) is 24.8 Å². The smallest absolute Gasteiger partial charge is 0.261 e. The lowest BCUT2D eigenvalue weighted by Gasteiger charge is -2.21. The van der Waals surface area contributed by atoms with Gasteiger partial charge in [-0.25, -0.2) is 13.4 Å². The normalized spacial score (nSPS) is 14.9. The van der Waals surface area contributed by atoms with Crippen molar-refractivity contribution in [2.75, 3.05) is 38.3 Å². The van der Waals surface area contributed by atoms with Gasteiger partial charge in [-0.15, -0.1) is 0 Å². The van der Waals surface area contributed by atoms with Gasteiger partial charge >= 0.3 is 0 Å². The van der Waals surface area contributed by atoms with Crippen LogP contribution in [-0.2, 0) is 14.8 Å². The monoisotopic (exact) mass is 479 g/mol. The maximum Gasteiger partial charge on any atom is 0.261 e. The molecule has 0 unspecified atom stereocenters. The molecule has 4 rings (SSSR count). The molecule has 1 amide bonds. The first-order valence-electron chi connectivity index (χ1n) is 9.88. The average Bonchev–Trinajstić information content (AvgIpc) is 3.44. The molecule has 0 N–H and O–H groups in total. The van der Waals surface area contributed by atoms with Gasteiger partial charge in [0.05, 0.1) is 38.8 Å². The molecule has 0 bridgehead atoms. The highest BCUT2D eigenvalue weighted by Crippen LogP contribution is 2.31. The Morgan fingerprint density at radius 1 is 1.23 bits per heavy atom. The maximum atomic E-state index is 13.5. The summed E-state index contributed by atoms with van der Waals surface area (Å²) >= 11 is 7.72. The van der Waals surface area contributed by atoms with E-state index in [1.54, 1.807) is 7.11 Å². The molecule has 31 heavy (non-hydrogen) atoms. The van der Waals surface area contributed by atoms with Gasteiger partial charge in [0.2, 0.25) is 10.0 Å². The molecule has 2 aromatic carbocycles. The fourth-order valence-electron chi connectivity index (χ4n) is 3.49. The predicted octanol–water partition coefficient (Wildman–Crippen LogP) is 4.03. The van der Waals surface area contributed by atoms with Crippen LogP contribution in [-0.4, -0.2) is 57.0 Å². The Bertz CT molecular complexity index is 1170. The maximum absolute atomic E-state index is 13.5. The topological polar surface area (TPSA) is 79.8 Å². The lowest BCUT2D eigenvalue weighted by atomic mass is 10.2. The Morgan fingerprint density at radius 3 is 2.68 bits per heavy atom. The van der Waals surface area contributed by atoms with E-state index in [2.05, 4.69) is 4.98 Å². The van der Waals surface area contributed by atoms with Crippen LogP contribution in [0.4, 0.5) is 5.13 Å². The van der Waals surface area contributed by atoms with E-state index in [9.17, 15) is 13.2 Å². The van der Waals surface area contributed by atoms with Crippen LogP contribution < -0.4 is 4.90 Å². The van der Waals surface area contributed by atoms with Gasteiger partial charge in [0.15, 0.2) is 5.13 Å². The summed E-state index contributed by atoms with van der Waals surface area (Å²) in [5, 5.41) is 0.695. The second-order valence-corrected chi connectivity index (χ2v) is 10.5. The Morgan fingerprint density at radius 2 is 1.97 bits per heavy atom. The molecule has 1 fully saturated rings. The molecule has 1 aromatic heterocycles. The van der Waals surface area contributed by atoms with Crippen LogP contribution in [0.25, 0.3) is 10.2 Å². The second kappa shape index (κ2) is 9.22. The van der Waals surface area contributed by atoms with Gasteiger partial charge in [-0.2, -0.15) is 4.31 Å². The third-order valence-electron chi connectivity index (χ3n) is 5.15. The predicted molar refractivity (Wildman–Crippen MR) is 123 cm³/mol. The van der Waals surface area contributed by atoms with Crippen molar-refractivity contribution in [3.05, 3.63) is 53.1 Å². The number of ether oxygens (including phenoxy) is 1. The van der Waals surface area contributed by atoms with Gasteiger partial charge in [0, 0.05) is 20.2 Å². The zero-order chi connectivity index (χ0) is 22.0. The number of methoxy groups -OCH3 is 1. The second-order valence-electron chi connectivity index (χ2n) is 7.17. The van der Waals surface area contributed by atoms with E-state index >= 15 is 0 Å². The van der Waals surface area contributed by atoms with Gasteiger partial charge in [0.1, 0.15) is 0 Å². The summed E-state index contributed by atoms with van der Waals surface area (Å²) in [6.07, 6.45) is 1.67. The fraction of sp³-hybridized carbons (Fsp3) is 0.333. The number of halogens is 1. The largest absolute Gasteiger partial charge is 0.383 e. The summed E-state index contributed by atoms with van der Waals surface area (Å²) < 4.78 is 33.5. The molecule has 10 heteroatoms. The quantitative estimate of drug-likeness (QED) is 0.511. The van der Waals surface area contributed by atoms with Gasteiger partial charge < -0.3 is 4.74 Å². The lowest BCUT2D eigenvalue weighted by molar-refractivity contribution is 0.0976. The number of carbonyl (C=O) groups excluding carboxylic acids is 1. The van der Waals surface area contributed by atoms with Gasteiger partial charge in [-0.05, 0) is 43.2 Å². The standard InChI is InChI=1S/C21H22ClN3O4S2/c1-29-13-12-25(21-23-18-6-2-3-7-19(18)30-21)20(26)16-14-15(8-9-17(16)22)31(27,28)24-10-4-5-11-24/h2-3,6-9,14H,4-5,10-13H2,1H3. The molecular formula is C21H22ClN3O4S2. The van der Waals surface area contributed by atoms with Crippen molar-refractivity contribution in [2.24, 2.45) is 0 Å². The minimum absolute atomic E-state index is 0.0677. The van der Waals surface area contributed by atoms with Crippen molar-refractivity contribution < 1.29 is 17.9 Å². The van der Waals surface area contributed by atoms with E-state index in [-0.39, 0.29) is 22.0 Å². The van der Waals surface area contributed by atoms with Crippen molar-refractivity contribution in [1.82, 2.24) is 9.29 Å². The number of thiazole rings is 1. The number of fused-ring (bicyclic) bond motifs is 1. The molecule has 0 radical (unpaired) electrons. The number of carbonyl (C=O) groups is 1. The zero-order valence-electron chi connectivity index (χ0n) is 17.0. The molecule has 7 nitrogen and oxygen atoms in total. The van der Waals surface area contributed by atoms with Crippen LogP contribution in [0.1, 0.15) is 23.2 Å². The minimum atomic E-state index is -3.67. The lowest BCUT2D eigenvalue weighted by Crippen LogP contribution is -2.34. The Kier molecular flexibility index (Phi) is 6.59. The molecule has 1 aliphatic rings. The number of para-hydroxylation sites is 1. The zero-order valence-corrected chi connectivity index (χ0v) is 19.3. The SMILES string of the molecule is COCCN(C(=O)c1cc(S(=O)(=O)N2CCCC2)ccc1Cl)c1nc2ccccc2s1. The average molecular weight is 480 g/mol. The summed E-state index contributed by atoms with van der Waals surface area (Å²) in [5.74, 6) is -0.417. The van der Waals surface area contributed by atoms with E-state index in [1.165, 1.54) is 38.7 Å². The number of anilines is 1. The Labute approximate surface area is 190 Å². The van der Waals surface area contributed by atoms with Crippen LogP contribution in [0.15, 0.2) is 47.4 Å². The molecular weight excluding hydrogens is 458 g/mol. The first-order valence-corrected chi connectivity index (χ1v) is 12.5. The van der Waals surface area contributed by atoms with Crippen LogP contribution in [0.5, 0.6) is 0 Å². The number of amides is 1. The van der Waals surface area contributed by atoms with Crippen LogP contribution in [0.2, 0.25) is 5.02 Å². The number of hydrogen-bond acceptors (Lipinski definition) is 6. The van der Waals surface area contributed by atoms with Gasteiger partial charge in [0.25, 0.3) is 5.91 Å². The summed E-state index contributed by atoms with van der Waals surface area (Å²) in [6, 6.07) is 11.9. The number of benzene rings is 2. The van der Waals surface area contributed by atoms with E-state index in [0.717, 1.165) is 23.1 Å². The van der Waals surface area contributed by atoms with E-state index in [1.807, 2.05) is 24.3 Å². The van der Waals surface area contributed by atoms with Crippen molar-refractivity contribution in [3.63, 3.8) is 0 Å². The number of rotatable bonds is 7. The fourth-order valence-corrected chi connectivity index (χ4v) is 6.23. The number of nitrogens with zero attached hydrogens (tertiary/aromatic N) is 3. The first-order chi connectivity index (χ1) is 14.9.